The molecule has 1 aliphatic heterocycles. The van der Waals surface area contributed by atoms with Crippen molar-refractivity contribution >= 4 is 11.8 Å². The molecular weight excluding hydrogens is 228 g/mol. The van der Waals surface area contributed by atoms with Crippen molar-refractivity contribution in [3.05, 3.63) is 0 Å². The van der Waals surface area contributed by atoms with E-state index < -0.39 is 0 Å². The highest BCUT2D eigenvalue weighted by Gasteiger charge is 2.07. The van der Waals surface area contributed by atoms with E-state index in [9.17, 15) is 0 Å². The fourth-order valence-electron chi connectivity index (χ4n) is 2.17. The zero-order valence-electron chi connectivity index (χ0n) is 11.7. The minimum absolute atomic E-state index is 0.782. The molecule has 0 unspecified atom stereocenters. The van der Waals surface area contributed by atoms with Gasteiger partial charge in [-0.05, 0) is 57.1 Å². The molecule has 3 heteroatoms. The van der Waals surface area contributed by atoms with Crippen LogP contribution in [0.3, 0.4) is 0 Å². The Labute approximate surface area is 112 Å². The third kappa shape index (κ3) is 8.92. The van der Waals surface area contributed by atoms with Gasteiger partial charge in [0.15, 0.2) is 0 Å². The molecule has 0 spiro atoms. The standard InChI is InChI=1S/C14H30N2S/c1-14(2)13-15-7-4-3-5-8-16-9-6-11-17-12-10-16/h14-15H,3-13H2,1-2H3. The molecule has 17 heavy (non-hydrogen) atoms. The maximum Gasteiger partial charge on any atom is 0.00723 e. The van der Waals surface area contributed by atoms with Crippen molar-refractivity contribution < 1.29 is 0 Å². The van der Waals surface area contributed by atoms with Crippen LogP contribution in [0.2, 0.25) is 0 Å². The molecule has 0 aromatic carbocycles. The molecule has 2 nitrogen and oxygen atoms in total. The number of nitrogens with zero attached hydrogens (tertiary/aromatic N) is 1. The maximum absolute atomic E-state index is 3.52. The summed E-state index contributed by atoms with van der Waals surface area (Å²) in [6, 6.07) is 0. The third-order valence-electron chi connectivity index (χ3n) is 3.20. The molecule has 0 aromatic heterocycles. The lowest BCUT2D eigenvalue weighted by Crippen LogP contribution is -2.27. The molecule has 0 radical (unpaired) electrons. The smallest absolute Gasteiger partial charge is 0.00723 e. The van der Waals surface area contributed by atoms with Crippen molar-refractivity contribution in [2.75, 3.05) is 44.2 Å². The minimum Gasteiger partial charge on any atom is -0.316 e. The van der Waals surface area contributed by atoms with Crippen LogP contribution in [-0.4, -0.2) is 49.1 Å². The van der Waals surface area contributed by atoms with Gasteiger partial charge in [-0.3, -0.25) is 0 Å². The van der Waals surface area contributed by atoms with Crippen LogP contribution in [0.15, 0.2) is 0 Å². The monoisotopic (exact) mass is 258 g/mol. The summed E-state index contributed by atoms with van der Waals surface area (Å²) in [7, 11) is 0. The van der Waals surface area contributed by atoms with Crippen molar-refractivity contribution in [1.82, 2.24) is 10.2 Å². The normalized spacial score (nSPS) is 18.5. The summed E-state index contributed by atoms with van der Waals surface area (Å²) < 4.78 is 0. The fraction of sp³-hybridized carbons (Fsp3) is 1.00. The topological polar surface area (TPSA) is 15.3 Å². The lowest BCUT2D eigenvalue weighted by atomic mass is 10.2. The molecule has 0 aliphatic carbocycles. The van der Waals surface area contributed by atoms with E-state index in [0.29, 0.717) is 0 Å². The molecule has 0 bridgehead atoms. The Kier molecular flexibility index (Phi) is 9.21. The summed E-state index contributed by atoms with van der Waals surface area (Å²) in [5, 5.41) is 3.52. The summed E-state index contributed by atoms with van der Waals surface area (Å²) in [6.45, 7) is 10.9. The molecule has 1 heterocycles. The van der Waals surface area contributed by atoms with Crippen LogP contribution >= 0.6 is 11.8 Å². The maximum atomic E-state index is 3.52. The molecule has 1 rings (SSSR count). The van der Waals surface area contributed by atoms with E-state index in [4.69, 9.17) is 0 Å². The molecule has 1 saturated heterocycles. The van der Waals surface area contributed by atoms with E-state index in [1.54, 1.807) is 0 Å². The number of hydrogen-bond acceptors (Lipinski definition) is 3. The molecule has 0 saturated carbocycles. The molecule has 0 aromatic rings. The predicted octanol–water partition coefficient (Wildman–Crippen LogP) is 2.84. The van der Waals surface area contributed by atoms with Crippen LogP contribution in [0.1, 0.15) is 39.5 Å². The highest BCUT2D eigenvalue weighted by atomic mass is 32.2. The number of rotatable bonds is 8. The lowest BCUT2D eigenvalue weighted by Gasteiger charge is -2.19. The van der Waals surface area contributed by atoms with E-state index >= 15 is 0 Å². The summed E-state index contributed by atoms with van der Waals surface area (Å²) in [4.78, 5) is 2.65. The van der Waals surface area contributed by atoms with Gasteiger partial charge < -0.3 is 10.2 Å². The third-order valence-corrected chi connectivity index (χ3v) is 4.24. The van der Waals surface area contributed by atoms with Gasteiger partial charge in [-0.25, -0.2) is 0 Å². The SMILES string of the molecule is CC(C)CNCCCCCN1CCCSCC1. The van der Waals surface area contributed by atoms with Gasteiger partial charge >= 0.3 is 0 Å². The van der Waals surface area contributed by atoms with Crippen LogP contribution in [0, 0.1) is 5.92 Å². The van der Waals surface area contributed by atoms with Crippen LogP contribution in [0.5, 0.6) is 0 Å². The number of thioether (sulfide) groups is 1. The van der Waals surface area contributed by atoms with Gasteiger partial charge in [0.05, 0.1) is 0 Å². The van der Waals surface area contributed by atoms with E-state index in [1.807, 2.05) is 0 Å². The number of nitrogens with one attached hydrogen (secondary N) is 1. The van der Waals surface area contributed by atoms with Gasteiger partial charge in [-0.2, -0.15) is 11.8 Å². The van der Waals surface area contributed by atoms with Crippen LogP contribution in [-0.2, 0) is 0 Å². The minimum atomic E-state index is 0.782. The highest BCUT2D eigenvalue weighted by Crippen LogP contribution is 2.10. The molecule has 1 fully saturated rings. The first kappa shape index (κ1) is 15.3. The summed E-state index contributed by atoms with van der Waals surface area (Å²) in [5.41, 5.74) is 0. The molecule has 0 amide bonds. The lowest BCUT2D eigenvalue weighted by molar-refractivity contribution is 0.287. The quantitative estimate of drug-likeness (QED) is 0.674. The second-order valence-electron chi connectivity index (χ2n) is 5.47. The van der Waals surface area contributed by atoms with Gasteiger partial charge in [0.25, 0.3) is 0 Å². The van der Waals surface area contributed by atoms with Crippen molar-refractivity contribution in [3.63, 3.8) is 0 Å². The Morgan fingerprint density at radius 3 is 2.82 bits per heavy atom. The Balaban J connectivity index is 1.86. The number of hydrogen-bond donors (Lipinski definition) is 1. The van der Waals surface area contributed by atoms with E-state index in [0.717, 1.165) is 5.92 Å². The van der Waals surface area contributed by atoms with Gasteiger partial charge in [-0.15, -0.1) is 0 Å². The summed E-state index contributed by atoms with van der Waals surface area (Å²) in [5.74, 6) is 3.50. The van der Waals surface area contributed by atoms with Crippen molar-refractivity contribution in [2.24, 2.45) is 5.92 Å². The van der Waals surface area contributed by atoms with E-state index in [-0.39, 0.29) is 0 Å². The Morgan fingerprint density at radius 2 is 2.00 bits per heavy atom. The first-order chi connectivity index (χ1) is 8.29. The van der Waals surface area contributed by atoms with Gasteiger partial charge in [0.2, 0.25) is 0 Å². The summed E-state index contributed by atoms with van der Waals surface area (Å²) >= 11 is 2.12. The number of unbranched alkanes of at least 4 members (excludes halogenated alkanes) is 2. The van der Waals surface area contributed by atoms with Crippen molar-refractivity contribution in [3.8, 4) is 0 Å². The molecule has 0 atom stereocenters. The highest BCUT2D eigenvalue weighted by molar-refractivity contribution is 7.99. The second kappa shape index (κ2) is 10.2. The Morgan fingerprint density at radius 1 is 1.12 bits per heavy atom. The molecule has 1 aliphatic rings. The molecule has 102 valence electrons. The predicted molar refractivity (Wildman–Crippen MR) is 79.9 cm³/mol. The Hall–Kier alpha value is 0.270. The van der Waals surface area contributed by atoms with Gasteiger partial charge in [0, 0.05) is 12.3 Å². The van der Waals surface area contributed by atoms with Crippen LogP contribution < -0.4 is 5.32 Å². The Bertz CT molecular complexity index is 166. The first-order valence-electron chi connectivity index (χ1n) is 7.30. The van der Waals surface area contributed by atoms with Crippen molar-refractivity contribution in [2.45, 2.75) is 39.5 Å². The zero-order valence-corrected chi connectivity index (χ0v) is 12.5. The zero-order chi connectivity index (χ0) is 12.3. The van der Waals surface area contributed by atoms with E-state index in [1.165, 1.54) is 69.9 Å². The van der Waals surface area contributed by atoms with Crippen molar-refractivity contribution in [1.29, 1.82) is 0 Å². The second-order valence-corrected chi connectivity index (χ2v) is 6.69. The van der Waals surface area contributed by atoms with Crippen LogP contribution in [0.4, 0.5) is 0 Å². The van der Waals surface area contributed by atoms with E-state index in [2.05, 4.69) is 35.8 Å². The van der Waals surface area contributed by atoms with Gasteiger partial charge in [-0.1, -0.05) is 20.3 Å². The van der Waals surface area contributed by atoms with Crippen LogP contribution in [0.25, 0.3) is 0 Å². The largest absolute Gasteiger partial charge is 0.316 e. The summed E-state index contributed by atoms with van der Waals surface area (Å²) in [6.07, 6.45) is 5.50. The van der Waals surface area contributed by atoms with Gasteiger partial charge in [0.1, 0.15) is 0 Å². The average Bonchev–Trinajstić information content (AvgIpc) is 2.56. The average molecular weight is 258 g/mol. The first-order valence-corrected chi connectivity index (χ1v) is 8.45. The molecule has 1 N–H and O–H groups in total. The fourth-order valence-corrected chi connectivity index (χ4v) is 3.10. The molecular formula is C14H30N2S.